The molecule has 1 amide bonds. The first-order valence-electron chi connectivity index (χ1n) is 6.84. The quantitative estimate of drug-likeness (QED) is 0.586. The zero-order valence-corrected chi connectivity index (χ0v) is 12.7. The molecule has 3 aromatic rings. The monoisotopic (exact) mass is 325 g/mol. The normalized spacial score (nSPS) is 10.8. The van der Waals surface area contributed by atoms with Crippen LogP contribution >= 0.6 is 11.6 Å². The number of amides is 1. The molecule has 0 aliphatic rings. The van der Waals surface area contributed by atoms with Gasteiger partial charge in [0.15, 0.2) is 0 Å². The fraction of sp³-hybridized carbons (Fsp3) is 0. The summed E-state index contributed by atoms with van der Waals surface area (Å²) in [4.78, 5) is 16.1. The number of nitrogens with one attached hydrogen (secondary N) is 1. The van der Waals surface area contributed by atoms with Gasteiger partial charge < -0.3 is 4.42 Å². The maximum Gasteiger partial charge on any atom is 0.271 e. The topological polar surface area (TPSA) is 67.5 Å². The Labute approximate surface area is 137 Å². The van der Waals surface area contributed by atoms with E-state index in [9.17, 15) is 4.79 Å². The molecular formula is C17H12ClN3O2. The predicted octanol–water partition coefficient (Wildman–Crippen LogP) is 3.76. The predicted molar refractivity (Wildman–Crippen MR) is 88.5 cm³/mol. The number of nitrogens with zero attached hydrogens (tertiary/aromatic N) is 2. The largest absolute Gasteiger partial charge is 0.424 e. The van der Waals surface area contributed by atoms with Crippen LogP contribution in [0.3, 0.4) is 0 Å². The minimum Gasteiger partial charge on any atom is -0.424 e. The van der Waals surface area contributed by atoms with Gasteiger partial charge >= 0.3 is 0 Å². The van der Waals surface area contributed by atoms with Gasteiger partial charge in [-0.15, -0.1) is 0 Å². The second-order valence-electron chi connectivity index (χ2n) is 4.61. The Morgan fingerprint density at radius 1 is 1.09 bits per heavy atom. The number of hydrogen-bond donors (Lipinski definition) is 1. The lowest BCUT2D eigenvalue weighted by molar-refractivity contribution is 0.0955. The summed E-state index contributed by atoms with van der Waals surface area (Å²) in [5.74, 6) is 0.0798. The van der Waals surface area contributed by atoms with E-state index in [2.05, 4.69) is 15.5 Å². The summed E-state index contributed by atoms with van der Waals surface area (Å²) in [5, 5.41) is 3.97. The van der Waals surface area contributed by atoms with Crippen molar-refractivity contribution in [2.45, 2.75) is 0 Å². The Morgan fingerprint density at radius 2 is 1.74 bits per heavy atom. The SMILES string of the molecule is O=C(NN=Cc1nc(-c2ccccc2)oc1Cl)c1ccccc1. The van der Waals surface area contributed by atoms with Gasteiger partial charge in [-0.25, -0.2) is 10.4 Å². The van der Waals surface area contributed by atoms with Gasteiger partial charge in [-0.1, -0.05) is 36.4 Å². The molecule has 0 atom stereocenters. The Bertz CT molecular complexity index is 830. The van der Waals surface area contributed by atoms with E-state index < -0.39 is 0 Å². The number of halogens is 1. The molecule has 23 heavy (non-hydrogen) atoms. The Balaban J connectivity index is 1.71. The molecule has 0 fully saturated rings. The molecule has 6 heteroatoms. The van der Waals surface area contributed by atoms with E-state index >= 15 is 0 Å². The Morgan fingerprint density at radius 3 is 2.43 bits per heavy atom. The van der Waals surface area contributed by atoms with E-state index in [0.29, 0.717) is 17.1 Å². The van der Waals surface area contributed by atoms with Crippen LogP contribution in [0.4, 0.5) is 0 Å². The van der Waals surface area contributed by atoms with Crippen LogP contribution in [0.2, 0.25) is 5.22 Å². The van der Waals surface area contributed by atoms with Crippen LogP contribution in [-0.4, -0.2) is 17.1 Å². The molecule has 0 radical (unpaired) electrons. The number of oxazole rings is 1. The first kappa shape index (κ1) is 15.0. The van der Waals surface area contributed by atoms with Crippen LogP contribution in [-0.2, 0) is 0 Å². The van der Waals surface area contributed by atoms with Crippen LogP contribution in [0.1, 0.15) is 16.1 Å². The second-order valence-corrected chi connectivity index (χ2v) is 4.95. The van der Waals surface area contributed by atoms with Crippen molar-refractivity contribution in [1.82, 2.24) is 10.4 Å². The zero-order valence-electron chi connectivity index (χ0n) is 11.9. The van der Waals surface area contributed by atoms with Crippen molar-refractivity contribution >= 4 is 23.7 Å². The van der Waals surface area contributed by atoms with Crippen LogP contribution in [0.5, 0.6) is 0 Å². The van der Waals surface area contributed by atoms with Crippen LogP contribution in [0.15, 0.2) is 70.2 Å². The average molecular weight is 326 g/mol. The molecule has 0 spiro atoms. The molecule has 0 saturated heterocycles. The molecule has 5 nitrogen and oxygen atoms in total. The van der Waals surface area contributed by atoms with Gasteiger partial charge in [-0.05, 0) is 35.9 Å². The molecule has 1 aromatic heterocycles. The minimum absolute atomic E-state index is 0.113. The maximum atomic E-state index is 11.8. The van der Waals surface area contributed by atoms with E-state index in [0.717, 1.165) is 5.56 Å². The first-order valence-corrected chi connectivity index (χ1v) is 7.22. The smallest absolute Gasteiger partial charge is 0.271 e. The summed E-state index contributed by atoms with van der Waals surface area (Å²) in [6.07, 6.45) is 1.35. The summed E-state index contributed by atoms with van der Waals surface area (Å²) in [6.45, 7) is 0. The number of carbonyl (C=O) groups excluding carboxylic acids is 1. The van der Waals surface area contributed by atoms with E-state index in [1.54, 1.807) is 24.3 Å². The van der Waals surface area contributed by atoms with Gasteiger partial charge in [-0.2, -0.15) is 5.10 Å². The molecule has 0 unspecified atom stereocenters. The van der Waals surface area contributed by atoms with Crippen molar-refractivity contribution in [2.24, 2.45) is 5.10 Å². The molecule has 0 saturated carbocycles. The van der Waals surface area contributed by atoms with Crippen molar-refractivity contribution in [3.05, 3.63) is 77.1 Å². The highest BCUT2D eigenvalue weighted by molar-refractivity contribution is 6.31. The number of hydrazone groups is 1. The first-order chi connectivity index (χ1) is 11.2. The fourth-order valence-electron chi connectivity index (χ4n) is 1.90. The van der Waals surface area contributed by atoms with Crippen LogP contribution < -0.4 is 5.43 Å². The summed E-state index contributed by atoms with van der Waals surface area (Å²) in [5.41, 5.74) is 4.08. The van der Waals surface area contributed by atoms with Crippen LogP contribution in [0.25, 0.3) is 11.5 Å². The molecule has 2 aromatic carbocycles. The van der Waals surface area contributed by atoms with Crippen molar-refractivity contribution in [3.8, 4) is 11.5 Å². The number of benzene rings is 2. The third-order valence-corrected chi connectivity index (χ3v) is 3.29. The Hall–Kier alpha value is -2.92. The number of carbonyl (C=O) groups is 1. The molecule has 114 valence electrons. The highest BCUT2D eigenvalue weighted by Crippen LogP contribution is 2.24. The second kappa shape index (κ2) is 6.89. The summed E-state index contributed by atoms with van der Waals surface area (Å²) < 4.78 is 5.39. The summed E-state index contributed by atoms with van der Waals surface area (Å²) in [6, 6.07) is 18.2. The molecular weight excluding hydrogens is 314 g/mol. The number of rotatable bonds is 4. The third kappa shape index (κ3) is 3.64. The lowest BCUT2D eigenvalue weighted by Crippen LogP contribution is -2.17. The molecule has 0 bridgehead atoms. The van der Waals surface area contributed by atoms with Gasteiger partial charge in [0.05, 0.1) is 6.21 Å². The van der Waals surface area contributed by atoms with Gasteiger partial charge in [0.1, 0.15) is 5.69 Å². The van der Waals surface area contributed by atoms with Gasteiger partial charge in [0.2, 0.25) is 11.1 Å². The molecule has 0 aliphatic heterocycles. The molecule has 1 heterocycles. The van der Waals surface area contributed by atoms with E-state index in [1.165, 1.54) is 6.21 Å². The van der Waals surface area contributed by atoms with E-state index in [-0.39, 0.29) is 11.1 Å². The summed E-state index contributed by atoms with van der Waals surface area (Å²) >= 11 is 5.99. The number of hydrogen-bond acceptors (Lipinski definition) is 4. The van der Waals surface area contributed by atoms with E-state index in [1.807, 2.05) is 36.4 Å². The standard InChI is InChI=1S/C17H12ClN3O2/c18-15-14(20-17(23-15)13-9-5-2-6-10-13)11-19-21-16(22)12-7-3-1-4-8-12/h1-11H,(H,21,22). The lowest BCUT2D eigenvalue weighted by atomic mass is 10.2. The van der Waals surface area contributed by atoms with Crippen molar-refractivity contribution in [1.29, 1.82) is 0 Å². The number of aromatic nitrogens is 1. The molecule has 0 aliphatic carbocycles. The zero-order chi connectivity index (χ0) is 16.1. The highest BCUT2D eigenvalue weighted by atomic mass is 35.5. The minimum atomic E-state index is -0.315. The maximum absolute atomic E-state index is 11.8. The van der Waals surface area contributed by atoms with Gasteiger partial charge in [0.25, 0.3) is 5.91 Å². The summed E-state index contributed by atoms with van der Waals surface area (Å²) in [7, 11) is 0. The van der Waals surface area contributed by atoms with Crippen molar-refractivity contribution in [3.63, 3.8) is 0 Å². The van der Waals surface area contributed by atoms with Crippen LogP contribution in [0, 0.1) is 0 Å². The van der Waals surface area contributed by atoms with Crippen molar-refractivity contribution in [2.75, 3.05) is 0 Å². The molecule has 1 N–H and O–H groups in total. The van der Waals surface area contributed by atoms with E-state index in [4.69, 9.17) is 16.0 Å². The highest BCUT2D eigenvalue weighted by Gasteiger charge is 2.11. The third-order valence-electron chi connectivity index (χ3n) is 3.02. The average Bonchev–Trinajstić information content (AvgIpc) is 2.97. The van der Waals surface area contributed by atoms with Gasteiger partial charge in [-0.3, -0.25) is 4.79 Å². The fourth-order valence-corrected chi connectivity index (χ4v) is 2.07. The molecule has 3 rings (SSSR count). The lowest BCUT2D eigenvalue weighted by Gasteiger charge is -1.97. The Kier molecular flexibility index (Phi) is 4.49. The van der Waals surface area contributed by atoms with Gasteiger partial charge in [0, 0.05) is 11.1 Å². The van der Waals surface area contributed by atoms with Crippen molar-refractivity contribution < 1.29 is 9.21 Å².